The Bertz CT molecular complexity index is 1320. The summed E-state index contributed by atoms with van der Waals surface area (Å²) in [5, 5.41) is 6.42. The number of para-hydroxylation sites is 3. The van der Waals surface area contributed by atoms with Crippen molar-refractivity contribution in [1.29, 1.82) is 0 Å². The van der Waals surface area contributed by atoms with Crippen LogP contribution >= 0.6 is 0 Å². The number of carbonyl (C=O) groups excluding carboxylic acids is 1. The molecule has 2 N–H and O–H groups in total. The average molecular weight is 424 g/mol. The van der Waals surface area contributed by atoms with Gasteiger partial charge in [-0.2, -0.15) is 0 Å². The molecule has 0 aliphatic carbocycles. The topological polar surface area (TPSA) is 62.2 Å². The van der Waals surface area contributed by atoms with Crippen LogP contribution in [0.4, 0.5) is 17.3 Å². The van der Waals surface area contributed by atoms with Gasteiger partial charge in [0.25, 0.3) is 5.91 Å². The predicted molar refractivity (Wildman–Crippen MR) is 130 cm³/mol. The van der Waals surface area contributed by atoms with Gasteiger partial charge in [0, 0.05) is 31.2 Å². The normalized spacial score (nSPS) is 15.3. The zero-order valence-electron chi connectivity index (χ0n) is 18.3. The van der Waals surface area contributed by atoms with E-state index >= 15 is 0 Å². The number of anilines is 3. The zero-order chi connectivity index (χ0) is 22.2. The van der Waals surface area contributed by atoms with Gasteiger partial charge in [-0.05, 0) is 48.9 Å². The second kappa shape index (κ2) is 7.89. The van der Waals surface area contributed by atoms with E-state index in [1.165, 1.54) is 0 Å². The summed E-state index contributed by atoms with van der Waals surface area (Å²) < 4.78 is 2.12. The van der Waals surface area contributed by atoms with Crippen LogP contribution in [0.1, 0.15) is 18.5 Å². The molecule has 0 saturated heterocycles. The molecule has 1 amide bonds. The summed E-state index contributed by atoms with van der Waals surface area (Å²) in [5.41, 5.74) is 6.23. The number of amides is 1. The monoisotopic (exact) mass is 423 g/mol. The van der Waals surface area contributed by atoms with Crippen molar-refractivity contribution >= 4 is 34.3 Å². The second-order valence-electron chi connectivity index (χ2n) is 8.17. The lowest BCUT2D eigenvalue weighted by molar-refractivity contribution is -0.113. The van der Waals surface area contributed by atoms with Crippen molar-refractivity contribution < 1.29 is 4.79 Å². The molecule has 0 spiro atoms. The summed E-state index contributed by atoms with van der Waals surface area (Å²) in [6.07, 6.45) is 0. The molecule has 0 saturated carbocycles. The van der Waals surface area contributed by atoms with Gasteiger partial charge >= 0.3 is 0 Å². The Morgan fingerprint density at radius 3 is 2.38 bits per heavy atom. The molecule has 32 heavy (non-hydrogen) atoms. The third kappa shape index (κ3) is 3.39. The molecule has 0 unspecified atom stereocenters. The molecule has 1 aliphatic heterocycles. The molecule has 0 radical (unpaired) electrons. The van der Waals surface area contributed by atoms with Crippen molar-refractivity contribution in [3.05, 3.63) is 95.7 Å². The van der Waals surface area contributed by atoms with E-state index in [0.29, 0.717) is 5.57 Å². The van der Waals surface area contributed by atoms with Crippen LogP contribution in [0.15, 0.2) is 90.1 Å². The molecule has 4 aromatic rings. The van der Waals surface area contributed by atoms with Crippen LogP contribution in [0.3, 0.4) is 0 Å². The molecule has 1 aromatic heterocycles. The summed E-state index contributed by atoms with van der Waals surface area (Å²) in [6, 6.07) is 25.6. The van der Waals surface area contributed by atoms with E-state index in [0.717, 1.165) is 39.6 Å². The summed E-state index contributed by atoms with van der Waals surface area (Å²) in [7, 11) is 4.04. The van der Waals surface area contributed by atoms with E-state index in [1.807, 2.05) is 75.6 Å². The SMILES string of the molecule is CC1=C(C(=O)Nc2ccccc2)[C@H](c2ccc(N(C)C)cc2)n2c(nc3ccccc32)N1. The first-order valence-corrected chi connectivity index (χ1v) is 10.6. The first kappa shape index (κ1) is 19.9. The van der Waals surface area contributed by atoms with Gasteiger partial charge in [-0.3, -0.25) is 9.36 Å². The van der Waals surface area contributed by atoms with Crippen LogP contribution in [0, 0.1) is 0 Å². The highest BCUT2D eigenvalue weighted by Gasteiger charge is 2.34. The van der Waals surface area contributed by atoms with Gasteiger partial charge in [0.2, 0.25) is 5.95 Å². The predicted octanol–water partition coefficient (Wildman–Crippen LogP) is 5.03. The van der Waals surface area contributed by atoms with Crippen molar-refractivity contribution in [2.75, 3.05) is 29.6 Å². The number of nitrogens with zero attached hydrogens (tertiary/aromatic N) is 3. The van der Waals surface area contributed by atoms with Gasteiger partial charge in [-0.15, -0.1) is 0 Å². The van der Waals surface area contributed by atoms with Crippen molar-refractivity contribution in [1.82, 2.24) is 9.55 Å². The summed E-state index contributed by atoms with van der Waals surface area (Å²) in [5.74, 6) is 0.605. The fourth-order valence-corrected chi connectivity index (χ4v) is 4.25. The Morgan fingerprint density at radius 2 is 1.66 bits per heavy atom. The average Bonchev–Trinajstić information content (AvgIpc) is 3.16. The van der Waals surface area contributed by atoms with E-state index in [4.69, 9.17) is 4.98 Å². The maximum Gasteiger partial charge on any atom is 0.255 e. The number of hydrogen-bond donors (Lipinski definition) is 2. The maximum absolute atomic E-state index is 13.6. The van der Waals surface area contributed by atoms with Crippen LogP contribution in [0.2, 0.25) is 0 Å². The minimum atomic E-state index is -0.307. The molecule has 6 heteroatoms. The Kier molecular flexibility index (Phi) is 4.90. The lowest BCUT2D eigenvalue weighted by Crippen LogP contribution is -2.31. The maximum atomic E-state index is 13.6. The van der Waals surface area contributed by atoms with Gasteiger partial charge in [-0.1, -0.05) is 42.5 Å². The van der Waals surface area contributed by atoms with E-state index in [2.05, 4.69) is 44.4 Å². The van der Waals surface area contributed by atoms with Gasteiger partial charge in [0.15, 0.2) is 0 Å². The van der Waals surface area contributed by atoms with Crippen LogP contribution in [0.5, 0.6) is 0 Å². The molecule has 6 nitrogen and oxygen atoms in total. The number of rotatable bonds is 4. The highest BCUT2D eigenvalue weighted by atomic mass is 16.1. The Labute approximate surface area is 187 Å². The van der Waals surface area contributed by atoms with Crippen LogP contribution in [0.25, 0.3) is 11.0 Å². The van der Waals surface area contributed by atoms with Crippen LogP contribution in [-0.2, 0) is 4.79 Å². The third-order valence-corrected chi connectivity index (χ3v) is 5.83. The fourth-order valence-electron chi connectivity index (χ4n) is 4.25. The van der Waals surface area contributed by atoms with Crippen molar-refractivity contribution in [2.24, 2.45) is 0 Å². The molecule has 2 heterocycles. The van der Waals surface area contributed by atoms with E-state index in [1.54, 1.807) is 0 Å². The second-order valence-corrected chi connectivity index (χ2v) is 8.17. The van der Waals surface area contributed by atoms with Crippen LogP contribution < -0.4 is 15.5 Å². The first-order valence-electron chi connectivity index (χ1n) is 10.6. The number of benzene rings is 3. The lowest BCUT2D eigenvalue weighted by atomic mass is 9.94. The molecule has 0 fully saturated rings. The lowest BCUT2D eigenvalue weighted by Gasteiger charge is -2.31. The molecule has 0 bridgehead atoms. The Balaban J connectivity index is 1.66. The van der Waals surface area contributed by atoms with Gasteiger partial charge < -0.3 is 15.5 Å². The number of hydrogen-bond acceptors (Lipinski definition) is 4. The highest BCUT2D eigenvalue weighted by Crippen LogP contribution is 2.39. The minimum Gasteiger partial charge on any atom is -0.378 e. The summed E-state index contributed by atoms with van der Waals surface area (Å²) in [6.45, 7) is 1.93. The van der Waals surface area contributed by atoms with Crippen LogP contribution in [-0.4, -0.2) is 29.6 Å². The van der Waals surface area contributed by atoms with Crippen molar-refractivity contribution in [3.8, 4) is 0 Å². The number of allylic oxidation sites excluding steroid dienone is 1. The molecule has 1 atom stereocenters. The number of imidazole rings is 1. The Hall–Kier alpha value is -4.06. The van der Waals surface area contributed by atoms with E-state index in [-0.39, 0.29) is 11.9 Å². The minimum absolute atomic E-state index is 0.133. The smallest absolute Gasteiger partial charge is 0.255 e. The number of aromatic nitrogens is 2. The molecular formula is C26H25N5O. The van der Waals surface area contributed by atoms with E-state index in [9.17, 15) is 4.79 Å². The molecule has 1 aliphatic rings. The summed E-state index contributed by atoms with van der Waals surface area (Å²) in [4.78, 5) is 20.4. The summed E-state index contributed by atoms with van der Waals surface area (Å²) >= 11 is 0. The van der Waals surface area contributed by atoms with Gasteiger partial charge in [-0.25, -0.2) is 4.98 Å². The number of carbonyl (C=O) groups is 1. The molecule has 5 rings (SSSR count). The van der Waals surface area contributed by atoms with Gasteiger partial charge in [0.1, 0.15) is 0 Å². The first-order chi connectivity index (χ1) is 15.5. The molecule has 3 aromatic carbocycles. The Morgan fingerprint density at radius 1 is 0.969 bits per heavy atom. The fraction of sp³-hybridized carbons (Fsp3) is 0.154. The van der Waals surface area contributed by atoms with Crippen molar-refractivity contribution in [3.63, 3.8) is 0 Å². The molecular weight excluding hydrogens is 398 g/mol. The quantitative estimate of drug-likeness (QED) is 0.483. The molecule has 160 valence electrons. The number of fused-ring (bicyclic) bond motifs is 3. The highest BCUT2D eigenvalue weighted by molar-refractivity contribution is 6.06. The third-order valence-electron chi connectivity index (χ3n) is 5.83. The van der Waals surface area contributed by atoms with Gasteiger partial charge in [0.05, 0.1) is 22.6 Å². The number of nitrogens with one attached hydrogen (secondary N) is 2. The largest absolute Gasteiger partial charge is 0.378 e. The zero-order valence-corrected chi connectivity index (χ0v) is 18.3. The van der Waals surface area contributed by atoms with Crippen molar-refractivity contribution in [2.45, 2.75) is 13.0 Å². The van der Waals surface area contributed by atoms with E-state index < -0.39 is 0 Å². The standard InChI is InChI=1S/C26H25N5O/c1-17-23(25(32)28-19-9-5-4-6-10-19)24(18-13-15-20(16-14-18)30(2)3)31-22-12-8-7-11-21(22)29-26(31)27-17/h4-16,24H,1-3H3,(H,27,29)(H,28,32)/t24-/m0/s1.